The molecule has 1 aliphatic heterocycles. The van der Waals surface area contributed by atoms with Gasteiger partial charge in [-0.15, -0.1) is 0 Å². The summed E-state index contributed by atoms with van der Waals surface area (Å²) in [5.41, 5.74) is 1.15. The standard InChI is InChI=1S/C15H12NO3/c1-11(17)16(12-7-3-2-4-8-12)13-9-5-6-10-14(13)19-15(16)18/h2-10H,1H3/q+1. The Bertz CT molecular complexity index is 666. The van der Waals surface area contributed by atoms with Crippen LogP contribution in [-0.4, -0.2) is 12.0 Å². The predicted molar refractivity (Wildman–Crippen MR) is 71.0 cm³/mol. The molecule has 1 aliphatic rings. The van der Waals surface area contributed by atoms with Crippen LogP contribution in [0, 0.1) is 0 Å². The summed E-state index contributed by atoms with van der Waals surface area (Å²) in [6, 6.07) is 16.0. The first-order valence-corrected chi connectivity index (χ1v) is 5.95. The van der Waals surface area contributed by atoms with Crippen molar-refractivity contribution in [1.29, 1.82) is 0 Å². The van der Waals surface area contributed by atoms with Crippen LogP contribution < -0.4 is 9.22 Å². The van der Waals surface area contributed by atoms with Gasteiger partial charge < -0.3 is 4.74 Å². The Balaban J connectivity index is 2.34. The first kappa shape index (κ1) is 11.6. The van der Waals surface area contributed by atoms with Crippen molar-refractivity contribution < 1.29 is 14.3 Å². The fraction of sp³-hybridized carbons (Fsp3) is 0.0667. The van der Waals surface area contributed by atoms with E-state index in [-0.39, 0.29) is 5.91 Å². The van der Waals surface area contributed by atoms with Crippen molar-refractivity contribution in [2.24, 2.45) is 0 Å². The predicted octanol–water partition coefficient (Wildman–Crippen LogP) is 3.38. The number of hydrogen-bond acceptors (Lipinski definition) is 3. The van der Waals surface area contributed by atoms with Crippen molar-refractivity contribution in [3.05, 3.63) is 54.6 Å². The molecule has 0 bridgehead atoms. The molecule has 2 aromatic rings. The number of para-hydroxylation sites is 3. The van der Waals surface area contributed by atoms with Crippen LogP contribution in [-0.2, 0) is 4.79 Å². The zero-order valence-corrected chi connectivity index (χ0v) is 10.4. The maximum atomic E-state index is 12.3. The van der Waals surface area contributed by atoms with E-state index in [2.05, 4.69) is 0 Å². The van der Waals surface area contributed by atoms with E-state index in [1.165, 1.54) is 6.92 Å². The summed E-state index contributed by atoms with van der Waals surface area (Å²) in [6.07, 6.45) is -0.583. The van der Waals surface area contributed by atoms with Crippen molar-refractivity contribution in [1.82, 2.24) is 4.48 Å². The molecule has 0 spiro atoms. The normalized spacial score (nSPS) is 20.8. The first-order valence-electron chi connectivity index (χ1n) is 5.95. The highest BCUT2D eigenvalue weighted by molar-refractivity contribution is 6.15. The van der Waals surface area contributed by atoms with Crippen molar-refractivity contribution in [2.45, 2.75) is 6.92 Å². The van der Waals surface area contributed by atoms with Crippen LogP contribution >= 0.6 is 0 Å². The van der Waals surface area contributed by atoms with Crippen LogP contribution in [0.2, 0.25) is 0 Å². The van der Waals surface area contributed by atoms with E-state index in [0.717, 1.165) is 0 Å². The zero-order chi connectivity index (χ0) is 13.5. The van der Waals surface area contributed by atoms with Crippen LogP contribution in [0.1, 0.15) is 6.92 Å². The van der Waals surface area contributed by atoms with E-state index in [0.29, 0.717) is 17.1 Å². The minimum Gasteiger partial charge on any atom is -0.373 e. The molecule has 4 nitrogen and oxygen atoms in total. The van der Waals surface area contributed by atoms with Crippen molar-refractivity contribution in [3.63, 3.8) is 0 Å². The molecule has 2 aromatic carbocycles. The molecule has 0 aliphatic carbocycles. The summed E-state index contributed by atoms with van der Waals surface area (Å²) in [7, 11) is 0. The van der Waals surface area contributed by atoms with Gasteiger partial charge in [0, 0.05) is 18.2 Å². The number of ether oxygens (including phenoxy) is 1. The fourth-order valence-corrected chi connectivity index (χ4v) is 2.46. The maximum absolute atomic E-state index is 12.3. The van der Waals surface area contributed by atoms with Gasteiger partial charge in [-0.1, -0.05) is 34.8 Å². The van der Waals surface area contributed by atoms with Crippen LogP contribution in [0.4, 0.5) is 16.2 Å². The Kier molecular flexibility index (Phi) is 2.47. The third-order valence-electron chi connectivity index (χ3n) is 3.31. The van der Waals surface area contributed by atoms with Gasteiger partial charge in [-0.2, -0.15) is 4.79 Å². The lowest BCUT2D eigenvalue weighted by molar-refractivity contribution is -0.123. The third kappa shape index (κ3) is 1.44. The van der Waals surface area contributed by atoms with Gasteiger partial charge in [-0.3, -0.25) is 0 Å². The average Bonchev–Trinajstić information content (AvgIpc) is 2.72. The second kappa shape index (κ2) is 4.03. The molecule has 0 saturated heterocycles. The summed E-state index contributed by atoms with van der Waals surface area (Å²) in [6.45, 7) is 1.40. The second-order valence-corrected chi connectivity index (χ2v) is 4.36. The monoisotopic (exact) mass is 254 g/mol. The lowest BCUT2D eigenvalue weighted by Crippen LogP contribution is -2.51. The third-order valence-corrected chi connectivity index (χ3v) is 3.31. The first-order chi connectivity index (χ1) is 9.17. The number of carbonyl (C=O) groups excluding carboxylic acids is 2. The highest BCUT2D eigenvalue weighted by atomic mass is 16.6. The topological polar surface area (TPSA) is 43.4 Å². The maximum Gasteiger partial charge on any atom is 0.540 e. The quantitative estimate of drug-likeness (QED) is 0.733. The smallest absolute Gasteiger partial charge is 0.373 e. The van der Waals surface area contributed by atoms with Gasteiger partial charge in [0.05, 0.1) is 6.92 Å². The second-order valence-electron chi connectivity index (χ2n) is 4.36. The Morgan fingerprint density at radius 3 is 2.32 bits per heavy atom. The summed E-state index contributed by atoms with van der Waals surface area (Å²) in [4.78, 5) is 24.5. The molecule has 94 valence electrons. The molecule has 19 heavy (non-hydrogen) atoms. The van der Waals surface area contributed by atoms with Gasteiger partial charge in [0.2, 0.25) is 0 Å². The minimum absolute atomic E-state index is 0.291. The highest BCUT2D eigenvalue weighted by Crippen LogP contribution is 2.46. The molecule has 1 unspecified atom stereocenters. The summed E-state index contributed by atoms with van der Waals surface area (Å²) in [5.74, 6) is 0.146. The Morgan fingerprint density at radius 1 is 1.00 bits per heavy atom. The van der Waals surface area contributed by atoms with E-state index in [9.17, 15) is 9.59 Å². The molecule has 0 radical (unpaired) electrons. The van der Waals surface area contributed by atoms with Crippen molar-refractivity contribution >= 4 is 23.4 Å². The highest BCUT2D eigenvalue weighted by Gasteiger charge is 2.56. The van der Waals surface area contributed by atoms with Gasteiger partial charge in [-0.25, -0.2) is 4.79 Å². The van der Waals surface area contributed by atoms with Gasteiger partial charge in [0.15, 0.2) is 17.1 Å². The van der Waals surface area contributed by atoms with E-state index in [1.807, 2.05) is 6.07 Å². The summed E-state index contributed by atoms with van der Waals surface area (Å²) >= 11 is 0. The van der Waals surface area contributed by atoms with Crippen LogP contribution in [0.25, 0.3) is 0 Å². The van der Waals surface area contributed by atoms with Crippen LogP contribution in [0.15, 0.2) is 54.6 Å². The molecule has 3 rings (SSSR count). The molecule has 0 fully saturated rings. The van der Waals surface area contributed by atoms with Crippen molar-refractivity contribution in [2.75, 3.05) is 0 Å². The summed E-state index contributed by atoms with van der Waals surface area (Å²) < 4.78 is 4.73. The molecule has 1 atom stereocenters. The number of amides is 2. The number of fused-ring (bicyclic) bond motifs is 1. The van der Waals surface area contributed by atoms with Gasteiger partial charge in [0.1, 0.15) is 0 Å². The van der Waals surface area contributed by atoms with E-state index in [4.69, 9.17) is 4.74 Å². The van der Waals surface area contributed by atoms with Gasteiger partial charge in [-0.05, 0) is 6.07 Å². The fourth-order valence-electron chi connectivity index (χ4n) is 2.46. The number of rotatable bonds is 1. The molecule has 0 saturated carbocycles. The van der Waals surface area contributed by atoms with Gasteiger partial charge >= 0.3 is 12.0 Å². The number of quaternary nitrogens is 1. The Hall–Kier alpha value is -2.46. The Labute approximate surface area is 110 Å². The molecular weight excluding hydrogens is 242 g/mol. The zero-order valence-electron chi connectivity index (χ0n) is 10.4. The minimum atomic E-state index is -0.583. The molecule has 1 heterocycles. The van der Waals surface area contributed by atoms with Gasteiger partial charge in [0.25, 0.3) is 0 Å². The molecule has 0 aromatic heterocycles. The van der Waals surface area contributed by atoms with Crippen molar-refractivity contribution in [3.8, 4) is 5.75 Å². The molecule has 4 heteroatoms. The number of benzene rings is 2. The Morgan fingerprint density at radius 2 is 1.63 bits per heavy atom. The number of imide groups is 1. The average molecular weight is 254 g/mol. The number of hydrogen-bond donors (Lipinski definition) is 0. The van der Waals surface area contributed by atoms with E-state index < -0.39 is 10.6 Å². The molecule has 0 N–H and O–H groups in total. The summed E-state index contributed by atoms with van der Waals surface area (Å²) in [5, 5.41) is 0. The lowest BCUT2D eigenvalue weighted by Gasteiger charge is -2.23. The number of carbonyl (C=O) groups is 2. The van der Waals surface area contributed by atoms with E-state index in [1.54, 1.807) is 48.5 Å². The number of nitrogens with zero attached hydrogens (tertiary/aromatic N) is 1. The molecule has 2 amide bonds. The largest absolute Gasteiger partial charge is 0.540 e. The molecular formula is C15H12NO3+. The van der Waals surface area contributed by atoms with Crippen LogP contribution in [0.3, 0.4) is 0 Å². The van der Waals surface area contributed by atoms with E-state index >= 15 is 0 Å². The lowest BCUT2D eigenvalue weighted by atomic mass is 10.2. The van der Waals surface area contributed by atoms with Crippen LogP contribution in [0.5, 0.6) is 5.75 Å². The SMILES string of the molecule is CC(=O)[N+]1(c2ccccc2)C(=O)Oc2ccccc21.